The van der Waals surface area contributed by atoms with Crippen LogP contribution < -0.4 is 4.72 Å². The molecule has 4 rings (SSSR count). The number of nitrogens with one attached hydrogen (secondary N) is 1. The van der Waals surface area contributed by atoms with E-state index in [0.29, 0.717) is 21.3 Å². The van der Waals surface area contributed by atoms with Gasteiger partial charge in [0.2, 0.25) is 5.96 Å². The number of guanidine groups is 1. The highest BCUT2D eigenvalue weighted by Crippen LogP contribution is 2.37. The fourth-order valence-electron chi connectivity index (χ4n) is 4.21. The average molecular weight is 616 g/mol. The van der Waals surface area contributed by atoms with Crippen LogP contribution in [-0.4, -0.2) is 57.9 Å². The molecule has 0 radical (unpaired) electrons. The number of hydrogen-bond donors (Lipinski definition) is 1. The first-order chi connectivity index (χ1) is 19.7. The Hall–Kier alpha value is -3.70. The molecule has 0 aliphatic carbocycles. The van der Waals surface area contributed by atoms with E-state index >= 15 is 0 Å². The molecule has 0 saturated carbocycles. The van der Waals surface area contributed by atoms with Gasteiger partial charge in [-0.15, -0.1) is 0 Å². The summed E-state index contributed by atoms with van der Waals surface area (Å²) in [4.78, 5) is 16.1. The maximum Gasteiger partial charge on any atom is 0.330 e. The van der Waals surface area contributed by atoms with Crippen molar-refractivity contribution in [1.82, 2.24) is 9.73 Å². The number of esters is 1. The molecule has 0 saturated heterocycles. The lowest BCUT2D eigenvalue weighted by Gasteiger charge is -2.32. The zero-order chi connectivity index (χ0) is 29.5. The molecule has 214 valence electrons. The Bertz CT molecular complexity index is 1560. The molecule has 3 aromatic rings. The van der Waals surface area contributed by atoms with Crippen LogP contribution in [-0.2, 0) is 29.9 Å². The Labute approximate surface area is 249 Å². The molecule has 1 N–H and O–H groups in total. The van der Waals surface area contributed by atoms with E-state index in [9.17, 15) is 13.2 Å². The topological polar surface area (TPSA) is 110 Å². The van der Waals surface area contributed by atoms with Crippen molar-refractivity contribution in [2.75, 3.05) is 26.8 Å². The Balaban J connectivity index is 1.75. The van der Waals surface area contributed by atoms with Gasteiger partial charge in [0.1, 0.15) is 5.71 Å². The van der Waals surface area contributed by atoms with Gasteiger partial charge in [-0.2, -0.15) is 5.10 Å². The fraction of sp³-hybridized carbons (Fsp3) is 0.207. The van der Waals surface area contributed by atoms with Gasteiger partial charge in [0.25, 0.3) is 10.0 Å². The summed E-state index contributed by atoms with van der Waals surface area (Å²) in [6, 6.07) is 22.3. The third kappa shape index (κ3) is 7.15. The van der Waals surface area contributed by atoms with Crippen LogP contribution in [0.1, 0.15) is 18.1 Å². The number of aliphatic imine (C=N–C) groups is 1. The van der Waals surface area contributed by atoms with Crippen LogP contribution in [0.4, 0.5) is 0 Å². The molecule has 1 heterocycles. The molecular weight excluding hydrogens is 587 g/mol. The van der Waals surface area contributed by atoms with Gasteiger partial charge in [-0.3, -0.25) is 4.99 Å². The summed E-state index contributed by atoms with van der Waals surface area (Å²) in [7, 11) is -2.56. The first-order valence-corrected chi connectivity index (χ1v) is 14.8. The Morgan fingerprint density at radius 1 is 1.05 bits per heavy atom. The minimum Gasteiger partial charge on any atom is -0.463 e. The largest absolute Gasteiger partial charge is 0.463 e. The first-order valence-electron chi connectivity index (χ1n) is 12.6. The summed E-state index contributed by atoms with van der Waals surface area (Å²) in [6.07, 6.45) is 2.86. The van der Waals surface area contributed by atoms with Crippen molar-refractivity contribution >= 4 is 50.9 Å². The number of benzene rings is 3. The predicted molar refractivity (Wildman–Crippen MR) is 160 cm³/mol. The van der Waals surface area contributed by atoms with Crippen LogP contribution in [0.3, 0.4) is 0 Å². The molecule has 0 fully saturated rings. The van der Waals surface area contributed by atoms with E-state index in [1.54, 1.807) is 37.3 Å². The highest BCUT2D eigenvalue weighted by Gasteiger charge is 2.47. The SMILES string of the molecule is CCOC(=O)C=CCOC1(c2ccccc2)CN(C(=NC)NS(=O)(=O)c2ccc(Cl)cc2)N=C1c1ccc(Cl)cc1. The van der Waals surface area contributed by atoms with Crippen LogP contribution in [0, 0.1) is 0 Å². The van der Waals surface area contributed by atoms with Gasteiger partial charge >= 0.3 is 5.97 Å². The van der Waals surface area contributed by atoms with Gasteiger partial charge in [-0.1, -0.05) is 71.7 Å². The smallest absolute Gasteiger partial charge is 0.330 e. The number of carbonyl (C=O) groups is 1. The van der Waals surface area contributed by atoms with E-state index in [0.717, 1.165) is 5.56 Å². The number of carbonyl (C=O) groups excluding carboxylic acids is 1. The van der Waals surface area contributed by atoms with Crippen LogP contribution in [0.25, 0.3) is 0 Å². The molecule has 12 heteroatoms. The van der Waals surface area contributed by atoms with Crippen molar-refractivity contribution < 1.29 is 22.7 Å². The van der Waals surface area contributed by atoms with Gasteiger partial charge < -0.3 is 9.47 Å². The van der Waals surface area contributed by atoms with Crippen molar-refractivity contribution in [2.24, 2.45) is 10.1 Å². The van der Waals surface area contributed by atoms with Crippen LogP contribution in [0.2, 0.25) is 10.0 Å². The molecular formula is C29H28Cl2N4O5S. The lowest BCUT2D eigenvalue weighted by atomic mass is 9.85. The van der Waals surface area contributed by atoms with Gasteiger partial charge in [-0.25, -0.2) is 22.9 Å². The highest BCUT2D eigenvalue weighted by molar-refractivity contribution is 7.90. The van der Waals surface area contributed by atoms with E-state index in [4.69, 9.17) is 37.8 Å². The van der Waals surface area contributed by atoms with Gasteiger partial charge in [0.05, 0.1) is 24.7 Å². The normalized spacial score (nSPS) is 17.5. The van der Waals surface area contributed by atoms with Crippen molar-refractivity contribution in [3.8, 4) is 0 Å². The van der Waals surface area contributed by atoms with Crippen molar-refractivity contribution in [3.05, 3.63) is 112 Å². The number of rotatable bonds is 9. The van der Waals surface area contributed by atoms with E-state index in [1.807, 2.05) is 30.3 Å². The minimum absolute atomic E-state index is 0.0128. The number of ether oxygens (including phenoxy) is 2. The molecule has 0 amide bonds. The summed E-state index contributed by atoms with van der Waals surface area (Å²) in [5, 5.41) is 7.21. The fourth-order valence-corrected chi connectivity index (χ4v) is 5.51. The Morgan fingerprint density at radius 3 is 2.29 bits per heavy atom. The average Bonchev–Trinajstić information content (AvgIpc) is 3.36. The monoisotopic (exact) mass is 614 g/mol. The quantitative estimate of drug-likeness (QED) is 0.157. The predicted octanol–water partition coefficient (Wildman–Crippen LogP) is 5.01. The lowest BCUT2D eigenvalue weighted by molar-refractivity contribution is -0.137. The van der Waals surface area contributed by atoms with Gasteiger partial charge in [0, 0.05) is 28.7 Å². The maximum atomic E-state index is 13.2. The number of sulfonamides is 1. The summed E-state index contributed by atoms with van der Waals surface area (Å²) in [5.41, 5.74) is 0.773. The number of nitrogens with zero attached hydrogens (tertiary/aromatic N) is 3. The van der Waals surface area contributed by atoms with E-state index in [2.05, 4.69) is 9.71 Å². The first kappa shape index (κ1) is 30.3. The molecule has 9 nitrogen and oxygen atoms in total. The standard InChI is InChI=1S/C29H28Cl2N4O5S/c1-3-39-26(36)10-7-19-40-29(22-8-5-4-6-9-22)20-35(33-27(29)21-11-13-23(30)14-12-21)28(32-2)34-41(37,38)25-17-15-24(31)16-18-25/h4-18H,3,19-20H2,1-2H3,(H,32,34). The van der Waals surface area contributed by atoms with Crippen molar-refractivity contribution in [2.45, 2.75) is 17.4 Å². The Morgan fingerprint density at radius 2 is 1.68 bits per heavy atom. The molecule has 0 bridgehead atoms. The van der Waals surface area contributed by atoms with E-state index in [1.165, 1.54) is 42.4 Å². The van der Waals surface area contributed by atoms with Crippen LogP contribution >= 0.6 is 23.2 Å². The molecule has 0 spiro atoms. The molecule has 1 unspecified atom stereocenters. The molecule has 0 aromatic heterocycles. The zero-order valence-corrected chi connectivity index (χ0v) is 24.7. The summed E-state index contributed by atoms with van der Waals surface area (Å²) in [5.74, 6) is -0.503. The second-order valence-electron chi connectivity index (χ2n) is 8.78. The third-order valence-corrected chi connectivity index (χ3v) is 7.95. The zero-order valence-electron chi connectivity index (χ0n) is 22.3. The second-order valence-corrected chi connectivity index (χ2v) is 11.3. The van der Waals surface area contributed by atoms with E-state index in [-0.39, 0.29) is 30.6 Å². The molecule has 41 heavy (non-hydrogen) atoms. The molecule has 1 aliphatic rings. The van der Waals surface area contributed by atoms with Crippen LogP contribution in [0.15, 0.2) is 106 Å². The lowest BCUT2D eigenvalue weighted by Crippen LogP contribution is -2.46. The third-order valence-electron chi connectivity index (χ3n) is 6.11. The number of hydrazone groups is 1. The minimum atomic E-state index is -4.02. The van der Waals surface area contributed by atoms with Crippen molar-refractivity contribution in [1.29, 1.82) is 0 Å². The molecule has 3 aromatic carbocycles. The number of halogens is 2. The van der Waals surface area contributed by atoms with Crippen molar-refractivity contribution in [3.63, 3.8) is 0 Å². The van der Waals surface area contributed by atoms with Crippen LogP contribution in [0.5, 0.6) is 0 Å². The Kier molecular flexibility index (Phi) is 9.82. The van der Waals surface area contributed by atoms with Gasteiger partial charge in [-0.05, 0) is 48.9 Å². The molecule has 1 atom stereocenters. The maximum absolute atomic E-state index is 13.2. The summed E-state index contributed by atoms with van der Waals surface area (Å²) < 4.78 is 40.4. The second kappa shape index (κ2) is 13.3. The van der Waals surface area contributed by atoms with Gasteiger partial charge in [0.15, 0.2) is 5.60 Å². The van der Waals surface area contributed by atoms with E-state index < -0.39 is 21.6 Å². The number of hydrogen-bond acceptors (Lipinski definition) is 7. The summed E-state index contributed by atoms with van der Waals surface area (Å²) in [6.45, 7) is 2.08. The summed E-state index contributed by atoms with van der Waals surface area (Å²) >= 11 is 12.1. The molecule has 1 aliphatic heterocycles. The highest BCUT2D eigenvalue weighted by atomic mass is 35.5.